The molecule has 0 radical (unpaired) electrons. The van der Waals surface area contributed by atoms with Crippen molar-refractivity contribution < 1.29 is 4.39 Å². The first-order valence-corrected chi connectivity index (χ1v) is 13.6. The van der Waals surface area contributed by atoms with Crippen molar-refractivity contribution in [3.05, 3.63) is 118 Å². The molecule has 0 heterocycles. The van der Waals surface area contributed by atoms with Gasteiger partial charge in [-0.3, -0.25) is 0 Å². The maximum atomic E-state index is 15.3. The van der Waals surface area contributed by atoms with Crippen LogP contribution in [0.2, 0.25) is 0 Å². The van der Waals surface area contributed by atoms with Gasteiger partial charge in [-0.1, -0.05) is 99.5 Å². The predicted octanol–water partition coefficient (Wildman–Crippen LogP) is 9.24. The summed E-state index contributed by atoms with van der Waals surface area (Å²) in [5, 5.41) is 1.57. The first kappa shape index (κ1) is 25.7. The maximum absolute atomic E-state index is 15.3. The fraction of sp³-hybridized carbons (Fsp3) is 0.314. The van der Waals surface area contributed by atoms with Gasteiger partial charge in [0.2, 0.25) is 0 Å². The zero-order valence-electron chi connectivity index (χ0n) is 21.7. The summed E-state index contributed by atoms with van der Waals surface area (Å²) in [4.78, 5) is 0. The van der Waals surface area contributed by atoms with Crippen LogP contribution in [-0.2, 0) is 25.7 Å². The average molecular weight is 477 g/mol. The van der Waals surface area contributed by atoms with Crippen molar-refractivity contribution in [2.24, 2.45) is 0 Å². The van der Waals surface area contributed by atoms with Gasteiger partial charge < -0.3 is 0 Å². The average Bonchev–Trinajstić information content (AvgIpc) is 2.92. The molecule has 0 aliphatic carbocycles. The molecule has 0 bridgehead atoms. The van der Waals surface area contributed by atoms with Crippen molar-refractivity contribution >= 4 is 10.8 Å². The standard InChI is InChI=1S/C35H37F/c1-3-5-7-9-28-12-14-29(15-13-28)18-19-31-21-25-34-33(26-31)24-23-32(35(34)36)22-20-30-16-10-27(11-17-30)8-6-4-2/h10-17,21,23-26H,3-9,20,22H2,1-2H3. The molecule has 0 fully saturated rings. The summed E-state index contributed by atoms with van der Waals surface area (Å²) < 4.78 is 15.3. The molecule has 4 aromatic carbocycles. The van der Waals surface area contributed by atoms with Crippen molar-refractivity contribution in [1.82, 2.24) is 0 Å². The molecule has 0 amide bonds. The maximum Gasteiger partial charge on any atom is 0.134 e. The van der Waals surface area contributed by atoms with E-state index in [-0.39, 0.29) is 5.82 Å². The summed E-state index contributed by atoms with van der Waals surface area (Å²) in [5.74, 6) is 6.40. The van der Waals surface area contributed by atoms with Crippen molar-refractivity contribution in [3.8, 4) is 11.8 Å². The summed E-state index contributed by atoms with van der Waals surface area (Å²) >= 11 is 0. The fourth-order valence-electron chi connectivity index (χ4n) is 4.62. The third kappa shape index (κ3) is 7.08. The summed E-state index contributed by atoms with van der Waals surface area (Å²) in [5.41, 5.74) is 6.70. The van der Waals surface area contributed by atoms with Crippen LogP contribution in [-0.4, -0.2) is 0 Å². The molecule has 0 spiro atoms. The topological polar surface area (TPSA) is 0 Å². The number of halogens is 1. The number of hydrogen-bond acceptors (Lipinski definition) is 0. The lowest BCUT2D eigenvalue weighted by Gasteiger charge is -2.08. The lowest BCUT2D eigenvalue weighted by molar-refractivity contribution is 0.620. The van der Waals surface area contributed by atoms with Crippen LogP contribution in [0.3, 0.4) is 0 Å². The molecule has 1 heteroatoms. The van der Waals surface area contributed by atoms with Gasteiger partial charge in [0.25, 0.3) is 0 Å². The van der Waals surface area contributed by atoms with E-state index >= 15 is 4.39 Å². The highest BCUT2D eigenvalue weighted by Crippen LogP contribution is 2.24. The second-order valence-corrected chi connectivity index (χ2v) is 9.80. The quantitative estimate of drug-likeness (QED) is 0.158. The number of aryl methyl sites for hydroxylation is 4. The highest BCUT2D eigenvalue weighted by atomic mass is 19.1. The molecule has 4 rings (SSSR count). The Hall–Kier alpha value is -3.37. The summed E-state index contributed by atoms with van der Waals surface area (Å²) in [7, 11) is 0. The first-order chi connectivity index (χ1) is 17.7. The molecule has 0 aliphatic rings. The zero-order valence-corrected chi connectivity index (χ0v) is 21.7. The van der Waals surface area contributed by atoms with Crippen LogP contribution in [0.15, 0.2) is 78.9 Å². The van der Waals surface area contributed by atoms with Crippen molar-refractivity contribution in [2.45, 2.75) is 71.6 Å². The van der Waals surface area contributed by atoms with Crippen molar-refractivity contribution in [2.75, 3.05) is 0 Å². The summed E-state index contributed by atoms with van der Waals surface area (Å²) in [6, 6.07) is 27.1. The SMILES string of the molecule is CCCCCc1ccc(C#Cc2ccc3c(F)c(CCc4ccc(CCCC)cc4)ccc3c2)cc1. The van der Waals surface area contributed by atoms with E-state index in [1.165, 1.54) is 48.8 Å². The molecule has 0 aliphatic heterocycles. The number of benzene rings is 4. The summed E-state index contributed by atoms with van der Waals surface area (Å²) in [6.45, 7) is 4.45. The highest BCUT2D eigenvalue weighted by Gasteiger charge is 2.08. The number of fused-ring (bicyclic) bond motifs is 1. The van der Waals surface area contributed by atoms with E-state index in [0.29, 0.717) is 11.8 Å². The summed E-state index contributed by atoms with van der Waals surface area (Å²) in [6.07, 6.45) is 10.0. The van der Waals surface area contributed by atoms with E-state index in [0.717, 1.165) is 41.3 Å². The lowest BCUT2D eigenvalue weighted by Crippen LogP contribution is -1.96. The Morgan fingerprint density at radius 2 is 1.14 bits per heavy atom. The van der Waals surface area contributed by atoms with E-state index in [4.69, 9.17) is 0 Å². The Bertz CT molecular complexity index is 1320. The monoisotopic (exact) mass is 476 g/mol. The molecule has 36 heavy (non-hydrogen) atoms. The number of hydrogen-bond donors (Lipinski definition) is 0. The molecule has 0 atom stereocenters. The minimum atomic E-state index is -0.106. The number of rotatable bonds is 10. The van der Waals surface area contributed by atoms with Gasteiger partial charge in [-0.05, 0) is 90.4 Å². The van der Waals surface area contributed by atoms with Gasteiger partial charge in [0.05, 0.1) is 0 Å². The van der Waals surface area contributed by atoms with E-state index < -0.39 is 0 Å². The first-order valence-electron chi connectivity index (χ1n) is 13.6. The molecular formula is C35H37F. The van der Waals surface area contributed by atoms with Crippen LogP contribution in [0.1, 0.15) is 79.3 Å². The van der Waals surface area contributed by atoms with Crippen LogP contribution in [0.5, 0.6) is 0 Å². The van der Waals surface area contributed by atoms with Gasteiger partial charge in [0.15, 0.2) is 0 Å². The minimum absolute atomic E-state index is 0.106. The molecule has 0 saturated heterocycles. The Labute approximate surface area is 216 Å². The Balaban J connectivity index is 1.40. The fourth-order valence-corrected chi connectivity index (χ4v) is 4.62. The lowest BCUT2D eigenvalue weighted by atomic mass is 9.98. The molecule has 0 saturated carbocycles. The highest BCUT2D eigenvalue weighted by molar-refractivity contribution is 5.85. The van der Waals surface area contributed by atoms with E-state index in [9.17, 15) is 0 Å². The van der Waals surface area contributed by atoms with Crippen molar-refractivity contribution in [3.63, 3.8) is 0 Å². The Morgan fingerprint density at radius 1 is 0.556 bits per heavy atom. The molecule has 0 N–H and O–H groups in total. The normalized spacial score (nSPS) is 10.9. The van der Waals surface area contributed by atoms with Crippen LogP contribution >= 0.6 is 0 Å². The van der Waals surface area contributed by atoms with Gasteiger partial charge >= 0.3 is 0 Å². The van der Waals surface area contributed by atoms with Gasteiger partial charge in [-0.15, -0.1) is 0 Å². The molecule has 4 aromatic rings. The third-order valence-electron chi connectivity index (χ3n) is 6.93. The van der Waals surface area contributed by atoms with Crippen LogP contribution in [0.25, 0.3) is 10.8 Å². The van der Waals surface area contributed by atoms with Gasteiger partial charge in [0, 0.05) is 16.5 Å². The van der Waals surface area contributed by atoms with E-state index in [2.05, 4.69) is 74.2 Å². The molecule has 0 nitrogen and oxygen atoms in total. The Morgan fingerprint density at radius 3 is 1.83 bits per heavy atom. The van der Waals surface area contributed by atoms with Crippen LogP contribution < -0.4 is 0 Å². The van der Waals surface area contributed by atoms with Crippen molar-refractivity contribution in [1.29, 1.82) is 0 Å². The van der Waals surface area contributed by atoms with Gasteiger partial charge in [0.1, 0.15) is 5.82 Å². The van der Waals surface area contributed by atoms with E-state index in [1.807, 2.05) is 30.3 Å². The smallest absolute Gasteiger partial charge is 0.134 e. The van der Waals surface area contributed by atoms with Gasteiger partial charge in [-0.25, -0.2) is 4.39 Å². The molecular weight excluding hydrogens is 439 g/mol. The Kier molecular flexibility index (Phi) is 9.34. The van der Waals surface area contributed by atoms with Crippen LogP contribution in [0, 0.1) is 17.7 Å². The molecule has 0 aromatic heterocycles. The third-order valence-corrected chi connectivity index (χ3v) is 6.93. The van der Waals surface area contributed by atoms with E-state index in [1.54, 1.807) is 0 Å². The second-order valence-electron chi connectivity index (χ2n) is 9.80. The number of unbranched alkanes of at least 4 members (excludes halogenated alkanes) is 3. The van der Waals surface area contributed by atoms with Gasteiger partial charge in [-0.2, -0.15) is 0 Å². The molecule has 0 unspecified atom stereocenters. The largest absolute Gasteiger partial charge is 0.206 e. The van der Waals surface area contributed by atoms with Crippen LogP contribution in [0.4, 0.5) is 4.39 Å². The second kappa shape index (κ2) is 13.1. The zero-order chi connectivity index (χ0) is 25.2. The predicted molar refractivity (Wildman–Crippen MR) is 152 cm³/mol. The minimum Gasteiger partial charge on any atom is -0.206 e. The molecule has 184 valence electrons.